The van der Waals surface area contributed by atoms with Gasteiger partial charge in [-0.25, -0.2) is 0 Å². The number of nitrogens with one attached hydrogen (secondary N) is 1. The second-order valence-electron chi connectivity index (χ2n) is 7.84. The lowest BCUT2D eigenvalue weighted by Gasteiger charge is -2.22. The van der Waals surface area contributed by atoms with Crippen molar-refractivity contribution in [2.24, 2.45) is 5.73 Å². The summed E-state index contributed by atoms with van der Waals surface area (Å²) in [6, 6.07) is 15.4. The Morgan fingerprint density at radius 3 is 2.50 bits per heavy atom. The van der Waals surface area contributed by atoms with E-state index in [1.54, 1.807) is 0 Å². The molecule has 6 heteroatoms. The molecule has 2 aromatic rings. The number of rotatable bonds is 9. The van der Waals surface area contributed by atoms with Gasteiger partial charge in [0.25, 0.3) is 5.91 Å². The summed E-state index contributed by atoms with van der Waals surface area (Å²) in [4.78, 5) is 28.7. The summed E-state index contributed by atoms with van der Waals surface area (Å²) in [5.41, 5.74) is 9.15. The minimum atomic E-state index is -0.263. The zero-order chi connectivity index (χ0) is 21.5. The maximum Gasteiger partial charge on any atom is 0.255 e. The lowest BCUT2D eigenvalue weighted by molar-refractivity contribution is -0.122. The predicted octanol–water partition coefficient (Wildman–Crippen LogP) is 3.23. The molecule has 2 amide bonds. The molecule has 1 heterocycles. The van der Waals surface area contributed by atoms with E-state index < -0.39 is 0 Å². The van der Waals surface area contributed by atoms with E-state index in [9.17, 15) is 9.59 Å². The number of nitrogens with zero attached hydrogens (tertiary/aromatic N) is 2. The van der Waals surface area contributed by atoms with Gasteiger partial charge in [0.2, 0.25) is 5.91 Å². The van der Waals surface area contributed by atoms with Crippen LogP contribution in [0.15, 0.2) is 48.5 Å². The molecule has 3 N–H and O–H groups in total. The van der Waals surface area contributed by atoms with Crippen LogP contribution in [0.2, 0.25) is 0 Å². The molecule has 1 aliphatic rings. The van der Waals surface area contributed by atoms with E-state index in [1.165, 1.54) is 5.56 Å². The third kappa shape index (κ3) is 5.68. The third-order valence-electron chi connectivity index (χ3n) is 5.78. The molecule has 0 radical (unpaired) electrons. The highest BCUT2D eigenvalue weighted by molar-refractivity contribution is 6.04. The number of anilines is 1. The number of amides is 2. The number of primary amides is 1. The van der Waals surface area contributed by atoms with Crippen LogP contribution < -0.4 is 11.1 Å². The fourth-order valence-corrected chi connectivity index (χ4v) is 3.99. The summed E-state index contributed by atoms with van der Waals surface area (Å²) in [6.45, 7) is 8.72. The van der Waals surface area contributed by atoms with Crippen molar-refractivity contribution in [2.75, 3.05) is 25.0 Å². The zero-order valence-corrected chi connectivity index (χ0v) is 17.9. The van der Waals surface area contributed by atoms with Crippen LogP contribution in [0.4, 0.5) is 5.69 Å². The van der Waals surface area contributed by atoms with Gasteiger partial charge in [-0.3, -0.25) is 19.4 Å². The normalized spacial score (nSPS) is 16.7. The molecule has 160 valence electrons. The molecule has 3 rings (SSSR count). The van der Waals surface area contributed by atoms with Crippen LogP contribution in [-0.2, 0) is 17.9 Å². The Balaban J connectivity index is 1.61. The van der Waals surface area contributed by atoms with Crippen LogP contribution in [0.1, 0.15) is 48.2 Å². The largest absolute Gasteiger partial charge is 0.368 e. The van der Waals surface area contributed by atoms with E-state index in [2.05, 4.69) is 29.0 Å². The lowest BCUT2D eigenvalue weighted by atomic mass is 10.1. The van der Waals surface area contributed by atoms with Gasteiger partial charge in [-0.15, -0.1) is 0 Å². The number of carbonyl (C=O) groups excluding carboxylic acids is 2. The molecule has 0 bridgehead atoms. The second kappa shape index (κ2) is 10.4. The lowest BCUT2D eigenvalue weighted by Crippen LogP contribution is -2.39. The smallest absolute Gasteiger partial charge is 0.255 e. The molecule has 0 saturated carbocycles. The van der Waals surface area contributed by atoms with Gasteiger partial charge in [-0.1, -0.05) is 38.1 Å². The molecule has 0 spiro atoms. The highest BCUT2D eigenvalue weighted by atomic mass is 16.2. The number of nitrogens with two attached hydrogens (primary N) is 1. The van der Waals surface area contributed by atoms with Gasteiger partial charge in [0.15, 0.2) is 0 Å². The minimum absolute atomic E-state index is 0.127. The highest BCUT2D eigenvalue weighted by Gasteiger charge is 2.28. The fraction of sp³-hybridized carbons (Fsp3) is 0.417. The Hall–Kier alpha value is -2.70. The molecule has 2 aromatic carbocycles. The number of carbonyl (C=O) groups is 2. The predicted molar refractivity (Wildman–Crippen MR) is 120 cm³/mol. The van der Waals surface area contributed by atoms with E-state index in [-0.39, 0.29) is 17.9 Å². The van der Waals surface area contributed by atoms with Crippen LogP contribution in [0.5, 0.6) is 0 Å². The number of hydrogen-bond donors (Lipinski definition) is 2. The summed E-state index contributed by atoms with van der Waals surface area (Å²) in [5.74, 6) is -0.390. The maximum atomic E-state index is 12.7. The van der Waals surface area contributed by atoms with Crippen LogP contribution in [0.3, 0.4) is 0 Å². The van der Waals surface area contributed by atoms with E-state index in [0.29, 0.717) is 12.1 Å². The Labute approximate surface area is 179 Å². The van der Waals surface area contributed by atoms with Crippen LogP contribution >= 0.6 is 0 Å². The van der Waals surface area contributed by atoms with E-state index >= 15 is 0 Å². The molecular weight excluding hydrogens is 376 g/mol. The summed E-state index contributed by atoms with van der Waals surface area (Å²) in [5, 5.41) is 2.98. The van der Waals surface area contributed by atoms with E-state index in [1.807, 2.05) is 48.5 Å². The second-order valence-corrected chi connectivity index (χ2v) is 7.84. The molecule has 0 aliphatic carbocycles. The number of hydrogen-bond acceptors (Lipinski definition) is 4. The molecule has 6 nitrogen and oxygen atoms in total. The standard InChI is InChI=1S/C24H32N4O2/c1-3-27(4-2)16-18-10-12-20(13-11-18)24(30)26-21-8-5-7-19(15-21)17-28-14-6-9-22(28)23(25)29/h5,7-8,10-13,15,22H,3-4,6,9,14,16-17H2,1-2H3,(H2,25,29)(H,26,30). The molecule has 30 heavy (non-hydrogen) atoms. The molecule has 1 saturated heterocycles. The first-order valence-corrected chi connectivity index (χ1v) is 10.7. The minimum Gasteiger partial charge on any atom is -0.368 e. The Morgan fingerprint density at radius 2 is 1.83 bits per heavy atom. The van der Waals surface area contributed by atoms with Gasteiger partial charge < -0.3 is 11.1 Å². The van der Waals surface area contributed by atoms with Gasteiger partial charge in [-0.2, -0.15) is 0 Å². The molecule has 1 unspecified atom stereocenters. The molecule has 0 aromatic heterocycles. The first-order chi connectivity index (χ1) is 14.5. The van der Waals surface area contributed by atoms with Crippen LogP contribution in [0, 0.1) is 0 Å². The molecule has 1 aliphatic heterocycles. The van der Waals surface area contributed by atoms with Crippen molar-refractivity contribution in [3.05, 3.63) is 65.2 Å². The SMILES string of the molecule is CCN(CC)Cc1ccc(C(=O)Nc2cccc(CN3CCCC3C(N)=O)c2)cc1. The Morgan fingerprint density at radius 1 is 1.10 bits per heavy atom. The summed E-state index contributed by atoms with van der Waals surface area (Å²) >= 11 is 0. The monoisotopic (exact) mass is 408 g/mol. The zero-order valence-electron chi connectivity index (χ0n) is 17.9. The van der Waals surface area contributed by atoms with Gasteiger partial charge in [-0.05, 0) is 67.9 Å². The van der Waals surface area contributed by atoms with Crippen molar-refractivity contribution in [3.63, 3.8) is 0 Å². The summed E-state index contributed by atoms with van der Waals surface area (Å²) < 4.78 is 0. The Bertz CT molecular complexity index is 862. The van der Waals surface area contributed by atoms with Crippen molar-refractivity contribution in [3.8, 4) is 0 Å². The quantitative estimate of drug-likeness (QED) is 0.668. The van der Waals surface area contributed by atoms with Crippen LogP contribution in [-0.4, -0.2) is 47.3 Å². The third-order valence-corrected chi connectivity index (χ3v) is 5.78. The molecule has 1 fully saturated rings. The first-order valence-electron chi connectivity index (χ1n) is 10.7. The maximum absolute atomic E-state index is 12.7. The van der Waals surface area contributed by atoms with Crippen molar-refractivity contribution in [1.29, 1.82) is 0 Å². The average Bonchev–Trinajstić information content (AvgIpc) is 3.21. The molecular formula is C24H32N4O2. The van der Waals surface area contributed by atoms with Gasteiger partial charge in [0.05, 0.1) is 6.04 Å². The van der Waals surface area contributed by atoms with Gasteiger partial charge in [0, 0.05) is 24.3 Å². The van der Waals surface area contributed by atoms with Crippen molar-refractivity contribution < 1.29 is 9.59 Å². The van der Waals surface area contributed by atoms with Gasteiger partial charge >= 0.3 is 0 Å². The van der Waals surface area contributed by atoms with E-state index in [4.69, 9.17) is 5.73 Å². The Kier molecular flexibility index (Phi) is 7.60. The number of benzene rings is 2. The highest BCUT2D eigenvalue weighted by Crippen LogP contribution is 2.21. The van der Waals surface area contributed by atoms with Crippen molar-refractivity contribution in [2.45, 2.75) is 45.8 Å². The van der Waals surface area contributed by atoms with Crippen molar-refractivity contribution in [1.82, 2.24) is 9.80 Å². The summed E-state index contributed by atoms with van der Waals surface area (Å²) in [7, 11) is 0. The van der Waals surface area contributed by atoms with Crippen molar-refractivity contribution >= 4 is 17.5 Å². The van der Waals surface area contributed by atoms with E-state index in [0.717, 1.165) is 50.3 Å². The average molecular weight is 409 g/mol. The fourth-order valence-electron chi connectivity index (χ4n) is 3.99. The number of likely N-dealkylation sites (tertiary alicyclic amines) is 1. The first kappa shape index (κ1) is 22.0. The van der Waals surface area contributed by atoms with Crippen LogP contribution in [0.25, 0.3) is 0 Å². The summed E-state index contributed by atoms with van der Waals surface area (Å²) in [6.07, 6.45) is 1.80. The van der Waals surface area contributed by atoms with Gasteiger partial charge in [0.1, 0.15) is 0 Å². The molecule has 1 atom stereocenters. The topological polar surface area (TPSA) is 78.7 Å².